The van der Waals surface area contributed by atoms with Gasteiger partial charge in [-0.1, -0.05) is 18.2 Å². The first-order valence-corrected chi connectivity index (χ1v) is 10.7. The summed E-state index contributed by atoms with van der Waals surface area (Å²) in [5.41, 5.74) is 3.40. The highest BCUT2D eigenvalue weighted by molar-refractivity contribution is 6.35. The maximum Gasteiger partial charge on any atom is 0.312 e. The van der Waals surface area contributed by atoms with Gasteiger partial charge < -0.3 is 10.2 Å². The first-order chi connectivity index (χ1) is 15.0. The van der Waals surface area contributed by atoms with Crippen molar-refractivity contribution >= 4 is 11.8 Å². The number of rotatable bonds is 4. The second-order valence-corrected chi connectivity index (χ2v) is 8.04. The number of pyridine rings is 1. The number of carbonyl (C=O) groups excluding carboxylic acids is 2. The number of amides is 2. The van der Waals surface area contributed by atoms with E-state index < -0.39 is 11.8 Å². The Morgan fingerprint density at radius 1 is 1.03 bits per heavy atom. The molecule has 7 nitrogen and oxygen atoms in total. The lowest BCUT2D eigenvalue weighted by molar-refractivity contribution is -0.150. The summed E-state index contributed by atoms with van der Waals surface area (Å²) < 4.78 is 1.79. The summed E-state index contributed by atoms with van der Waals surface area (Å²) in [6, 6.07) is 13.7. The third-order valence-corrected chi connectivity index (χ3v) is 5.83. The molecule has 3 aromatic rings. The molecule has 1 aliphatic rings. The first-order valence-electron chi connectivity index (χ1n) is 10.7. The third-order valence-electron chi connectivity index (χ3n) is 5.83. The summed E-state index contributed by atoms with van der Waals surface area (Å²) in [6.07, 6.45) is 8.26. The highest BCUT2D eigenvalue weighted by atomic mass is 16.2. The molecule has 0 spiro atoms. The lowest BCUT2D eigenvalue weighted by Gasteiger charge is -2.38. The molecule has 1 fully saturated rings. The van der Waals surface area contributed by atoms with E-state index >= 15 is 0 Å². The molecule has 0 aliphatic carbocycles. The van der Waals surface area contributed by atoms with Gasteiger partial charge in [0.05, 0.1) is 11.4 Å². The average Bonchev–Trinajstić information content (AvgIpc) is 3.23. The largest absolute Gasteiger partial charge is 0.344 e. The predicted octanol–water partition coefficient (Wildman–Crippen LogP) is 3.34. The molecule has 2 aromatic heterocycles. The van der Waals surface area contributed by atoms with Crippen molar-refractivity contribution in [1.29, 1.82) is 0 Å². The number of nitrogens with one attached hydrogen (secondary N) is 1. The Morgan fingerprint density at radius 3 is 2.39 bits per heavy atom. The van der Waals surface area contributed by atoms with Crippen molar-refractivity contribution in [2.75, 3.05) is 0 Å². The van der Waals surface area contributed by atoms with E-state index in [2.05, 4.69) is 10.3 Å². The molecule has 160 valence electrons. The van der Waals surface area contributed by atoms with Crippen molar-refractivity contribution in [3.05, 3.63) is 66.6 Å². The maximum absolute atomic E-state index is 12.8. The molecular weight excluding hydrogens is 390 g/mol. The van der Waals surface area contributed by atoms with Gasteiger partial charge in [0.1, 0.15) is 0 Å². The number of hydrogen-bond acceptors (Lipinski definition) is 4. The zero-order valence-electron chi connectivity index (χ0n) is 17.9. The quantitative estimate of drug-likeness (QED) is 0.661. The minimum Gasteiger partial charge on any atom is -0.344 e. The van der Waals surface area contributed by atoms with Crippen LogP contribution >= 0.6 is 0 Å². The summed E-state index contributed by atoms with van der Waals surface area (Å²) >= 11 is 0. The van der Waals surface area contributed by atoms with Gasteiger partial charge in [-0.3, -0.25) is 14.6 Å². The van der Waals surface area contributed by atoms with Crippen LogP contribution in [-0.4, -0.2) is 43.6 Å². The second kappa shape index (κ2) is 9.12. The van der Waals surface area contributed by atoms with Crippen LogP contribution in [0.4, 0.5) is 0 Å². The van der Waals surface area contributed by atoms with Crippen molar-refractivity contribution in [3.63, 3.8) is 0 Å². The molecule has 2 amide bonds. The summed E-state index contributed by atoms with van der Waals surface area (Å²) in [7, 11) is 0. The van der Waals surface area contributed by atoms with E-state index in [1.54, 1.807) is 22.0 Å². The molecule has 0 unspecified atom stereocenters. The van der Waals surface area contributed by atoms with Crippen LogP contribution < -0.4 is 5.32 Å². The highest BCUT2D eigenvalue weighted by Crippen LogP contribution is 2.24. The van der Waals surface area contributed by atoms with E-state index in [0.717, 1.165) is 41.8 Å². The standard InChI is InChI=1S/C24H27N5O2/c1-17-7-6-8-18(2)29(17)24(31)23(30)26-15-20-16-28(21-9-4-3-5-10-21)27-22(20)19-11-13-25-14-12-19/h3-5,9-14,16-18H,6-8,15H2,1-2H3,(H,26,30)/t17-,18+. The van der Waals surface area contributed by atoms with Gasteiger partial charge in [0.25, 0.3) is 0 Å². The maximum atomic E-state index is 12.8. The zero-order valence-corrected chi connectivity index (χ0v) is 17.9. The fourth-order valence-corrected chi connectivity index (χ4v) is 4.19. The SMILES string of the molecule is C[C@@H]1CCC[C@H](C)N1C(=O)C(=O)NCc1cn(-c2ccccc2)nc1-c1ccncc1. The molecule has 31 heavy (non-hydrogen) atoms. The van der Waals surface area contributed by atoms with Crippen LogP contribution in [0.2, 0.25) is 0 Å². The van der Waals surface area contributed by atoms with Gasteiger partial charge >= 0.3 is 11.8 Å². The van der Waals surface area contributed by atoms with E-state index in [-0.39, 0.29) is 18.6 Å². The lowest BCUT2D eigenvalue weighted by atomic mass is 9.97. The minimum absolute atomic E-state index is 0.0789. The number of nitrogens with zero attached hydrogens (tertiary/aromatic N) is 4. The number of aromatic nitrogens is 3. The Morgan fingerprint density at radius 2 is 1.71 bits per heavy atom. The van der Waals surface area contributed by atoms with Crippen molar-refractivity contribution in [2.45, 2.75) is 51.7 Å². The van der Waals surface area contributed by atoms with Crippen molar-refractivity contribution in [1.82, 2.24) is 25.0 Å². The van der Waals surface area contributed by atoms with Gasteiger partial charge in [0.2, 0.25) is 0 Å². The predicted molar refractivity (Wildman–Crippen MR) is 118 cm³/mol. The van der Waals surface area contributed by atoms with Crippen LogP contribution in [0.15, 0.2) is 61.1 Å². The van der Waals surface area contributed by atoms with Gasteiger partial charge in [-0.25, -0.2) is 4.68 Å². The van der Waals surface area contributed by atoms with E-state index in [9.17, 15) is 9.59 Å². The zero-order chi connectivity index (χ0) is 21.8. The molecule has 1 N–H and O–H groups in total. The normalized spacial score (nSPS) is 18.6. The Bertz CT molecular complexity index is 1040. The molecule has 7 heteroatoms. The summed E-state index contributed by atoms with van der Waals surface area (Å²) in [5.74, 6) is -1.03. The van der Waals surface area contributed by atoms with Crippen LogP contribution in [-0.2, 0) is 16.1 Å². The topological polar surface area (TPSA) is 80.1 Å². The van der Waals surface area contributed by atoms with E-state index in [0.29, 0.717) is 0 Å². The molecule has 2 atom stereocenters. The fraction of sp³-hybridized carbons (Fsp3) is 0.333. The van der Waals surface area contributed by atoms with Crippen LogP contribution in [0.1, 0.15) is 38.7 Å². The molecule has 3 heterocycles. The molecule has 1 saturated heterocycles. The molecule has 0 radical (unpaired) electrons. The fourth-order valence-electron chi connectivity index (χ4n) is 4.19. The summed E-state index contributed by atoms with van der Waals surface area (Å²) in [5, 5.41) is 7.54. The van der Waals surface area contributed by atoms with Gasteiger partial charge in [-0.15, -0.1) is 0 Å². The van der Waals surface area contributed by atoms with Gasteiger partial charge in [0.15, 0.2) is 0 Å². The molecule has 0 saturated carbocycles. The monoisotopic (exact) mass is 417 g/mol. The highest BCUT2D eigenvalue weighted by Gasteiger charge is 2.32. The van der Waals surface area contributed by atoms with Crippen molar-refractivity contribution < 1.29 is 9.59 Å². The van der Waals surface area contributed by atoms with E-state index in [4.69, 9.17) is 5.10 Å². The smallest absolute Gasteiger partial charge is 0.312 e. The number of likely N-dealkylation sites (tertiary alicyclic amines) is 1. The average molecular weight is 418 g/mol. The van der Waals surface area contributed by atoms with E-state index in [1.807, 2.05) is 62.5 Å². The number of carbonyl (C=O) groups is 2. The van der Waals surface area contributed by atoms with Gasteiger partial charge in [0, 0.05) is 48.3 Å². The van der Waals surface area contributed by atoms with Crippen LogP contribution in [0.25, 0.3) is 16.9 Å². The van der Waals surface area contributed by atoms with Crippen LogP contribution in [0.3, 0.4) is 0 Å². The molecule has 1 aromatic carbocycles. The number of hydrogen-bond donors (Lipinski definition) is 1. The summed E-state index contributed by atoms with van der Waals surface area (Å²) in [6.45, 7) is 4.23. The lowest BCUT2D eigenvalue weighted by Crippen LogP contribution is -2.52. The third kappa shape index (κ3) is 4.50. The van der Waals surface area contributed by atoms with Crippen LogP contribution in [0, 0.1) is 0 Å². The molecular formula is C24H27N5O2. The van der Waals surface area contributed by atoms with Crippen LogP contribution in [0.5, 0.6) is 0 Å². The molecule has 4 rings (SSSR count). The van der Waals surface area contributed by atoms with Crippen molar-refractivity contribution in [3.8, 4) is 16.9 Å². The molecule has 1 aliphatic heterocycles. The van der Waals surface area contributed by atoms with Gasteiger partial charge in [-0.2, -0.15) is 5.10 Å². The Balaban J connectivity index is 1.55. The number of benzene rings is 1. The molecule has 0 bridgehead atoms. The van der Waals surface area contributed by atoms with Crippen molar-refractivity contribution in [2.24, 2.45) is 0 Å². The Kier molecular flexibility index (Phi) is 6.11. The number of piperidine rings is 1. The Hall–Kier alpha value is -3.48. The first kappa shape index (κ1) is 20.8. The second-order valence-electron chi connectivity index (χ2n) is 8.04. The summed E-state index contributed by atoms with van der Waals surface area (Å²) in [4.78, 5) is 31.3. The minimum atomic E-state index is -0.575. The Labute approximate surface area is 182 Å². The van der Waals surface area contributed by atoms with Gasteiger partial charge in [-0.05, 0) is 57.4 Å². The number of para-hydroxylation sites is 1. The van der Waals surface area contributed by atoms with E-state index in [1.165, 1.54) is 0 Å².